The Morgan fingerprint density at radius 2 is 1.86 bits per heavy atom. The van der Waals surface area contributed by atoms with Gasteiger partial charge in [0.15, 0.2) is 0 Å². The molecule has 4 heteroatoms. The molecule has 4 nitrogen and oxygen atoms in total. The van der Waals surface area contributed by atoms with Crippen molar-refractivity contribution in [2.75, 3.05) is 13.1 Å². The van der Waals surface area contributed by atoms with Gasteiger partial charge in [0.05, 0.1) is 0 Å². The fourth-order valence-corrected chi connectivity index (χ4v) is 1.53. The number of hydrogen-bond donors (Lipinski definition) is 3. The number of rotatable bonds is 5. The molecule has 2 fully saturated rings. The van der Waals surface area contributed by atoms with Crippen molar-refractivity contribution in [3.05, 3.63) is 0 Å². The van der Waals surface area contributed by atoms with Crippen molar-refractivity contribution in [2.45, 2.75) is 44.2 Å². The average molecular weight is 197 g/mol. The lowest BCUT2D eigenvalue weighted by Crippen LogP contribution is -2.46. The molecule has 2 aliphatic rings. The summed E-state index contributed by atoms with van der Waals surface area (Å²) in [5.41, 5.74) is 0. The summed E-state index contributed by atoms with van der Waals surface area (Å²) in [6, 6.07) is 1.16. The molecular formula is C10H19N3O. The first-order valence-corrected chi connectivity index (χ1v) is 5.62. The summed E-state index contributed by atoms with van der Waals surface area (Å²) in [5.74, 6) is 0. The van der Waals surface area contributed by atoms with Gasteiger partial charge in [-0.2, -0.15) is 0 Å². The van der Waals surface area contributed by atoms with Gasteiger partial charge < -0.3 is 16.0 Å². The number of urea groups is 1. The lowest BCUT2D eigenvalue weighted by molar-refractivity contribution is 0.228. The van der Waals surface area contributed by atoms with E-state index in [-0.39, 0.29) is 6.03 Å². The third-order valence-electron chi connectivity index (χ3n) is 2.86. The minimum atomic E-state index is -0.00713. The highest BCUT2D eigenvalue weighted by Crippen LogP contribution is 2.18. The van der Waals surface area contributed by atoms with E-state index in [0.717, 1.165) is 32.0 Å². The van der Waals surface area contributed by atoms with Crippen molar-refractivity contribution >= 4 is 6.03 Å². The zero-order chi connectivity index (χ0) is 9.80. The molecule has 14 heavy (non-hydrogen) atoms. The zero-order valence-corrected chi connectivity index (χ0v) is 8.51. The first-order chi connectivity index (χ1) is 6.84. The predicted octanol–water partition coefficient (Wildman–Crippen LogP) is 0.590. The van der Waals surface area contributed by atoms with E-state index in [2.05, 4.69) is 16.0 Å². The van der Waals surface area contributed by atoms with Crippen LogP contribution in [0.2, 0.25) is 0 Å². The molecule has 0 aliphatic heterocycles. The van der Waals surface area contributed by atoms with E-state index in [1.165, 1.54) is 19.3 Å². The maximum Gasteiger partial charge on any atom is 0.315 e. The van der Waals surface area contributed by atoms with Crippen LogP contribution in [-0.2, 0) is 0 Å². The maximum atomic E-state index is 11.3. The van der Waals surface area contributed by atoms with Gasteiger partial charge in [0.2, 0.25) is 0 Å². The minimum Gasteiger partial charge on any atom is -0.337 e. The number of nitrogens with one attached hydrogen (secondary N) is 3. The largest absolute Gasteiger partial charge is 0.337 e. The van der Waals surface area contributed by atoms with Crippen molar-refractivity contribution in [1.82, 2.24) is 16.0 Å². The summed E-state index contributed by atoms with van der Waals surface area (Å²) in [6.07, 6.45) is 6.15. The van der Waals surface area contributed by atoms with Crippen LogP contribution in [0.1, 0.15) is 32.1 Å². The van der Waals surface area contributed by atoms with Gasteiger partial charge in [-0.25, -0.2) is 4.79 Å². The molecule has 2 amide bonds. The standard InChI is InChI=1S/C10H19N3O/c14-10(13-9-2-1-3-9)12-7-6-11-8-4-5-8/h8-9,11H,1-7H2,(H2,12,13,14). The van der Waals surface area contributed by atoms with Gasteiger partial charge in [0.1, 0.15) is 0 Å². The van der Waals surface area contributed by atoms with Crippen LogP contribution in [0.5, 0.6) is 0 Å². The van der Waals surface area contributed by atoms with E-state index < -0.39 is 0 Å². The van der Waals surface area contributed by atoms with E-state index in [4.69, 9.17) is 0 Å². The maximum absolute atomic E-state index is 11.3. The monoisotopic (exact) mass is 197 g/mol. The van der Waals surface area contributed by atoms with Crippen LogP contribution >= 0.6 is 0 Å². The van der Waals surface area contributed by atoms with Crippen LogP contribution in [0.3, 0.4) is 0 Å². The summed E-state index contributed by atoms with van der Waals surface area (Å²) in [7, 11) is 0. The molecule has 0 radical (unpaired) electrons. The Morgan fingerprint density at radius 3 is 2.43 bits per heavy atom. The Hall–Kier alpha value is -0.770. The molecule has 0 unspecified atom stereocenters. The molecule has 0 aromatic heterocycles. The summed E-state index contributed by atoms with van der Waals surface area (Å²) in [5, 5.41) is 9.15. The second kappa shape index (κ2) is 4.64. The van der Waals surface area contributed by atoms with Crippen LogP contribution in [0.25, 0.3) is 0 Å². The van der Waals surface area contributed by atoms with Gasteiger partial charge in [-0.05, 0) is 32.1 Å². The lowest BCUT2D eigenvalue weighted by atomic mass is 9.93. The van der Waals surface area contributed by atoms with Crippen LogP contribution in [-0.4, -0.2) is 31.2 Å². The molecule has 80 valence electrons. The molecule has 0 aromatic carbocycles. The quantitative estimate of drug-likeness (QED) is 0.565. The SMILES string of the molecule is O=C(NCCNC1CC1)NC1CCC1. The lowest BCUT2D eigenvalue weighted by Gasteiger charge is -2.26. The number of amides is 2. The zero-order valence-electron chi connectivity index (χ0n) is 8.51. The van der Waals surface area contributed by atoms with E-state index in [1.54, 1.807) is 0 Å². The molecule has 2 aliphatic carbocycles. The highest BCUT2D eigenvalue weighted by Gasteiger charge is 2.20. The van der Waals surface area contributed by atoms with Gasteiger partial charge in [0.25, 0.3) is 0 Å². The Labute approximate surface area is 84.8 Å². The van der Waals surface area contributed by atoms with Crippen LogP contribution in [0, 0.1) is 0 Å². The first-order valence-electron chi connectivity index (χ1n) is 5.62. The smallest absolute Gasteiger partial charge is 0.315 e. The van der Waals surface area contributed by atoms with E-state index in [0.29, 0.717) is 6.04 Å². The van der Waals surface area contributed by atoms with Crippen molar-refractivity contribution in [3.63, 3.8) is 0 Å². The van der Waals surface area contributed by atoms with Gasteiger partial charge in [-0.15, -0.1) is 0 Å². The molecule has 0 atom stereocenters. The van der Waals surface area contributed by atoms with E-state index >= 15 is 0 Å². The highest BCUT2D eigenvalue weighted by molar-refractivity contribution is 5.74. The fraction of sp³-hybridized carbons (Fsp3) is 0.900. The molecule has 0 aromatic rings. The molecule has 2 saturated carbocycles. The Balaban J connectivity index is 1.44. The first kappa shape index (κ1) is 9.77. The predicted molar refractivity (Wildman–Crippen MR) is 55.2 cm³/mol. The van der Waals surface area contributed by atoms with Crippen LogP contribution < -0.4 is 16.0 Å². The van der Waals surface area contributed by atoms with Gasteiger partial charge in [-0.1, -0.05) is 0 Å². The van der Waals surface area contributed by atoms with Crippen molar-refractivity contribution < 1.29 is 4.79 Å². The highest BCUT2D eigenvalue weighted by atomic mass is 16.2. The fourth-order valence-electron chi connectivity index (χ4n) is 1.53. The van der Waals surface area contributed by atoms with E-state index in [1.807, 2.05) is 0 Å². The topological polar surface area (TPSA) is 53.2 Å². The Kier molecular flexibility index (Phi) is 3.24. The second-order valence-corrected chi connectivity index (χ2v) is 4.26. The molecule has 0 spiro atoms. The summed E-state index contributed by atoms with van der Waals surface area (Å²) in [4.78, 5) is 11.3. The third-order valence-corrected chi connectivity index (χ3v) is 2.86. The average Bonchev–Trinajstić information content (AvgIpc) is 2.89. The molecule has 3 N–H and O–H groups in total. The van der Waals surface area contributed by atoms with Crippen molar-refractivity contribution in [2.24, 2.45) is 0 Å². The van der Waals surface area contributed by atoms with Crippen molar-refractivity contribution in [1.29, 1.82) is 0 Å². The number of hydrogen-bond acceptors (Lipinski definition) is 2. The summed E-state index contributed by atoms with van der Waals surface area (Å²) < 4.78 is 0. The molecule has 2 rings (SSSR count). The molecule has 0 bridgehead atoms. The Morgan fingerprint density at radius 1 is 1.07 bits per heavy atom. The van der Waals surface area contributed by atoms with Gasteiger partial charge in [-0.3, -0.25) is 0 Å². The minimum absolute atomic E-state index is 0.00713. The normalized spacial score (nSPS) is 21.4. The number of carbonyl (C=O) groups is 1. The van der Waals surface area contributed by atoms with Gasteiger partial charge in [0, 0.05) is 25.2 Å². The second-order valence-electron chi connectivity index (χ2n) is 4.26. The van der Waals surface area contributed by atoms with Crippen LogP contribution in [0.4, 0.5) is 4.79 Å². The molecule has 0 saturated heterocycles. The third kappa shape index (κ3) is 3.18. The summed E-state index contributed by atoms with van der Waals surface area (Å²) >= 11 is 0. The summed E-state index contributed by atoms with van der Waals surface area (Å²) in [6.45, 7) is 1.62. The Bertz CT molecular complexity index is 200. The van der Waals surface area contributed by atoms with E-state index in [9.17, 15) is 4.79 Å². The molecule has 0 heterocycles. The van der Waals surface area contributed by atoms with Crippen LogP contribution in [0.15, 0.2) is 0 Å². The van der Waals surface area contributed by atoms with Gasteiger partial charge >= 0.3 is 6.03 Å². The molecular weight excluding hydrogens is 178 g/mol. The van der Waals surface area contributed by atoms with Crippen molar-refractivity contribution in [3.8, 4) is 0 Å². The number of carbonyl (C=O) groups excluding carboxylic acids is 1.